The molecule has 1 unspecified atom stereocenters. The van der Waals surface area contributed by atoms with E-state index in [2.05, 4.69) is 41.1 Å². The first-order valence-corrected chi connectivity index (χ1v) is 6.24. The first kappa shape index (κ1) is 11.1. The molecule has 0 radical (unpaired) electrons. The Morgan fingerprint density at radius 3 is 2.72 bits per heavy atom. The normalized spacial score (nSPS) is 18.9. The Bertz CT molecular complexity index is 571. The summed E-state index contributed by atoms with van der Waals surface area (Å²) in [6.07, 6.45) is 0.506. The fraction of sp³-hybridized carbons (Fsp3) is 0.267. The Morgan fingerprint density at radius 2 is 1.94 bits per heavy atom. The van der Waals surface area contributed by atoms with Gasteiger partial charge in [0.1, 0.15) is 0 Å². The number of nitrogens with zero attached hydrogens (tertiary/aromatic N) is 1. The number of rotatable bonds is 1. The minimum atomic E-state index is 0.110. The number of fused-ring (bicyclic) bond motifs is 1. The summed E-state index contributed by atoms with van der Waals surface area (Å²) in [5, 5.41) is 2.95. The molecule has 3 nitrogen and oxygen atoms in total. The maximum atomic E-state index is 11.8. The summed E-state index contributed by atoms with van der Waals surface area (Å²) in [6, 6.07) is 14.5. The Morgan fingerprint density at radius 1 is 1.17 bits per heavy atom. The third-order valence-corrected chi connectivity index (χ3v) is 3.55. The van der Waals surface area contributed by atoms with Crippen LogP contribution in [0.25, 0.3) is 0 Å². The second-order valence-electron chi connectivity index (χ2n) is 4.74. The van der Waals surface area contributed by atoms with Crippen molar-refractivity contribution in [2.75, 3.05) is 0 Å². The zero-order valence-electron chi connectivity index (χ0n) is 10.4. The lowest BCUT2D eigenvalue weighted by atomic mass is 10.0. The SMILES string of the molecule is Cc1ccc2n1C(c1ccccc1)CC(=O)NC2. The van der Waals surface area contributed by atoms with E-state index in [-0.39, 0.29) is 11.9 Å². The molecule has 0 saturated carbocycles. The van der Waals surface area contributed by atoms with Crippen LogP contribution in [0, 0.1) is 6.92 Å². The van der Waals surface area contributed by atoms with Gasteiger partial charge in [0.25, 0.3) is 0 Å². The van der Waals surface area contributed by atoms with Crippen molar-refractivity contribution < 1.29 is 4.79 Å². The summed E-state index contributed by atoms with van der Waals surface area (Å²) >= 11 is 0. The van der Waals surface area contributed by atoms with Crippen LogP contribution < -0.4 is 5.32 Å². The summed E-state index contributed by atoms with van der Waals surface area (Å²) in [4.78, 5) is 11.8. The number of hydrogen-bond acceptors (Lipinski definition) is 1. The van der Waals surface area contributed by atoms with Gasteiger partial charge < -0.3 is 9.88 Å². The van der Waals surface area contributed by atoms with Gasteiger partial charge in [-0.15, -0.1) is 0 Å². The quantitative estimate of drug-likeness (QED) is 0.816. The summed E-state index contributed by atoms with van der Waals surface area (Å²) in [5.41, 5.74) is 3.57. The molecule has 1 atom stereocenters. The molecule has 0 aliphatic carbocycles. The van der Waals surface area contributed by atoms with Crippen LogP contribution in [0.15, 0.2) is 42.5 Å². The standard InChI is InChI=1S/C15H16N2O/c1-11-7-8-13-10-16-15(18)9-14(17(11)13)12-5-3-2-4-6-12/h2-8,14H,9-10H2,1H3,(H,16,18). The van der Waals surface area contributed by atoms with E-state index in [1.54, 1.807) is 0 Å². The van der Waals surface area contributed by atoms with Gasteiger partial charge in [-0.1, -0.05) is 30.3 Å². The topological polar surface area (TPSA) is 34.0 Å². The molecule has 92 valence electrons. The molecule has 3 heteroatoms. The van der Waals surface area contributed by atoms with E-state index < -0.39 is 0 Å². The van der Waals surface area contributed by atoms with Crippen molar-refractivity contribution in [1.29, 1.82) is 0 Å². The average molecular weight is 240 g/mol. The van der Waals surface area contributed by atoms with Crippen molar-refractivity contribution in [1.82, 2.24) is 9.88 Å². The molecule has 1 aromatic carbocycles. The first-order valence-electron chi connectivity index (χ1n) is 6.24. The molecule has 1 aliphatic heterocycles. The molecule has 1 aliphatic rings. The van der Waals surface area contributed by atoms with Crippen LogP contribution in [-0.2, 0) is 11.3 Å². The molecule has 1 aromatic heterocycles. The zero-order valence-corrected chi connectivity index (χ0v) is 10.4. The zero-order chi connectivity index (χ0) is 12.5. The van der Waals surface area contributed by atoms with Gasteiger partial charge in [-0.05, 0) is 24.6 Å². The molecule has 0 bridgehead atoms. The fourth-order valence-electron chi connectivity index (χ4n) is 2.66. The van der Waals surface area contributed by atoms with Crippen molar-refractivity contribution in [2.24, 2.45) is 0 Å². The van der Waals surface area contributed by atoms with Gasteiger partial charge in [0.2, 0.25) is 5.91 Å². The Kier molecular flexibility index (Phi) is 2.67. The van der Waals surface area contributed by atoms with Gasteiger partial charge in [0.05, 0.1) is 19.0 Å². The predicted octanol–water partition coefficient (Wildman–Crippen LogP) is 2.41. The molecule has 18 heavy (non-hydrogen) atoms. The summed E-state index contributed by atoms with van der Waals surface area (Å²) in [7, 11) is 0. The van der Waals surface area contributed by atoms with Gasteiger partial charge in [-0.3, -0.25) is 4.79 Å². The van der Waals surface area contributed by atoms with Crippen LogP contribution in [0.3, 0.4) is 0 Å². The summed E-state index contributed by atoms with van der Waals surface area (Å²) in [5.74, 6) is 0.118. The van der Waals surface area contributed by atoms with Crippen LogP contribution in [0.5, 0.6) is 0 Å². The molecule has 1 amide bonds. The molecular weight excluding hydrogens is 224 g/mol. The van der Waals surface area contributed by atoms with Crippen LogP contribution in [-0.4, -0.2) is 10.5 Å². The van der Waals surface area contributed by atoms with Crippen molar-refractivity contribution in [3.8, 4) is 0 Å². The van der Waals surface area contributed by atoms with Crippen LogP contribution in [0.1, 0.15) is 29.4 Å². The molecule has 2 aromatic rings. The second kappa shape index (κ2) is 4.33. The number of carbonyl (C=O) groups excluding carboxylic acids is 1. The first-order chi connectivity index (χ1) is 8.75. The Hall–Kier alpha value is -2.03. The van der Waals surface area contributed by atoms with E-state index >= 15 is 0 Å². The highest BCUT2D eigenvalue weighted by molar-refractivity contribution is 5.77. The van der Waals surface area contributed by atoms with Crippen molar-refractivity contribution in [3.63, 3.8) is 0 Å². The lowest BCUT2D eigenvalue weighted by molar-refractivity contribution is -0.121. The molecule has 2 heterocycles. The van der Waals surface area contributed by atoms with E-state index in [4.69, 9.17) is 0 Å². The van der Waals surface area contributed by atoms with Crippen LogP contribution >= 0.6 is 0 Å². The summed E-state index contributed by atoms with van der Waals surface area (Å²) in [6.45, 7) is 2.71. The van der Waals surface area contributed by atoms with Crippen LogP contribution in [0.2, 0.25) is 0 Å². The third kappa shape index (κ3) is 1.82. The summed E-state index contributed by atoms with van der Waals surface area (Å²) < 4.78 is 2.27. The maximum absolute atomic E-state index is 11.8. The highest BCUT2D eigenvalue weighted by Crippen LogP contribution is 2.28. The predicted molar refractivity (Wildman–Crippen MR) is 70.2 cm³/mol. The molecule has 1 N–H and O–H groups in total. The smallest absolute Gasteiger partial charge is 0.222 e. The number of aryl methyl sites for hydroxylation is 1. The minimum Gasteiger partial charge on any atom is -0.350 e. The fourth-order valence-corrected chi connectivity index (χ4v) is 2.66. The van der Waals surface area contributed by atoms with Gasteiger partial charge in [-0.25, -0.2) is 0 Å². The molecule has 3 rings (SSSR count). The van der Waals surface area contributed by atoms with Gasteiger partial charge in [0.15, 0.2) is 0 Å². The second-order valence-corrected chi connectivity index (χ2v) is 4.74. The van der Waals surface area contributed by atoms with Crippen LogP contribution in [0.4, 0.5) is 0 Å². The largest absolute Gasteiger partial charge is 0.350 e. The highest BCUT2D eigenvalue weighted by Gasteiger charge is 2.24. The lowest BCUT2D eigenvalue weighted by Crippen LogP contribution is -2.21. The van der Waals surface area contributed by atoms with Gasteiger partial charge in [-0.2, -0.15) is 0 Å². The number of benzene rings is 1. The van der Waals surface area contributed by atoms with E-state index in [0.29, 0.717) is 13.0 Å². The monoisotopic (exact) mass is 240 g/mol. The minimum absolute atomic E-state index is 0.110. The molecule has 0 saturated heterocycles. The highest BCUT2D eigenvalue weighted by atomic mass is 16.1. The van der Waals surface area contributed by atoms with E-state index in [0.717, 1.165) is 0 Å². The number of hydrogen-bond donors (Lipinski definition) is 1. The Labute approximate surface area is 106 Å². The maximum Gasteiger partial charge on any atom is 0.222 e. The number of amides is 1. The average Bonchev–Trinajstić information content (AvgIpc) is 2.66. The number of nitrogens with one attached hydrogen (secondary N) is 1. The van der Waals surface area contributed by atoms with E-state index in [9.17, 15) is 4.79 Å². The van der Waals surface area contributed by atoms with E-state index in [1.807, 2.05) is 18.2 Å². The molecule has 0 spiro atoms. The van der Waals surface area contributed by atoms with Gasteiger partial charge in [0, 0.05) is 11.4 Å². The number of carbonyl (C=O) groups is 1. The Balaban J connectivity index is 2.11. The van der Waals surface area contributed by atoms with Crippen molar-refractivity contribution in [3.05, 3.63) is 59.4 Å². The van der Waals surface area contributed by atoms with E-state index in [1.165, 1.54) is 17.0 Å². The number of aromatic nitrogens is 1. The lowest BCUT2D eigenvalue weighted by Gasteiger charge is -2.20. The van der Waals surface area contributed by atoms with Crippen molar-refractivity contribution in [2.45, 2.75) is 25.9 Å². The molecule has 0 fully saturated rings. The van der Waals surface area contributed by atoms with Gasteiger partial charge >= 0.3 is 0 Å². The third-order valence-electron chi connectivity index (χ3n) is 3.55. The molecular formula is C15H16N2O. The van der Waals surface area contributed by atoms with Crippen molar-refractivity contribution >= 4 is 5.91 Å².